The monoisotopic (exact) mass is 305 g/mol. The minimum atomic E-state index is -4.54. The standard InChI is InChI=1S/C14H18F3NO3/c1-9(19)7-8-18-13(20)10(2)21-12-6-4-3-5-11(12)14(15,16)17/h3-6,9-10,19H,7-8H2,1-2H3,(H,18,20). The first-order valence-corrected chi connectivity index (χ1v) is 6.50. The third-order valence-electron chi connectivity index (χ3n) is 2.73. The van der Waals surface area contributed by atoms with Gasteiger partial charge in [0.05, 0.1) is 11.7 Å². The summed E-state index contributed by atoms with van der Waals surface area (Å²) in [6.07, 6.45) is -5.81. The number of carbonyl (C=O) groups excluding carboxylic acids is 1. The van der Waals surface area contributed by atoms with Crippen LogP contribution >= 0.6 is 0 Å². The number of benzene rings is 1. The van der Waals surface area contributed by atoms with Crippen molar-refractivity contribution < 1.29 is 27.8 Å². The summed E-state index contributed by atoms with van der Waals surface area (Å²) >= 11 is 0. The smallest absolute Gasteiger partial charge is 0.419 e. The van der Waals surface area contributed by atoms with Crippen molar-refractivity contribution in [3.05, 3.63) is 29.8 Å². The molecule has 2 N–H and O–H groups in total. The topological polar surface area (TPSA) is 58.6 Å². The molecule has 0 saturated heterocycles. The van der Waals surface area contributed by atoms with Crippen LogP contribution in [-0.4, -0.2) is 29.8 Å². The van der Waals surface area contributed by atoms with Crippen molar-refractivity contribution in [2.45, 2.75) is 38.7 Å². The van der Waals surface area contributed by atoms with E-state index in [1.54, 1.807) is 6.92 Å². The highest BCUT2D eigenvalue weighted by Crippen LogP contribution is 2.36. The van der Waals surface area contributed by atoms with Crippen LogP contribution < -0.4 is 10.1 Å². The van der Waals surface area contributed by atoms with E-state index in [4.69, 9.17) is 9.84 Å². The van der Waals surface area contributed by atoms with Crippen molar-refractivity contribution in [1.29, 1.82) is 0 Å². The largest absolute Gasteiger partial charge is 0.480 e. The minimum Gasteiger partial charge on any atom is -0.480 e. The Morgan fingerprint density at radius 1 is 1.33 bits per heavy atom. The fraction of sp³-hybridized carbons (Fsp3) is 0.500. The molecule has 0 aliphatic rings. The van der Waals surface area contributed by atoms with Crippen LogP contribution in [0, 0.1) is 0 Å². The van der Waals surface area contributed by atoms with Gasteiger partial charge >= 0.3 is 6.18 Å². The fourth-order valence-electron chi connectivity index (χ4n) is 1.60. The van der Waals surface area contributed by atoms with E-state index in [0.717, 1.165) is 6.07 Å². The Bertz CT molecular complexity index is 475. The molecular weight excluding hydrogens is 287 g/mol. The van der Waals surface area contributed by atoms with Gasteiger partial charge in [-0.15, -0.1) is 0 Å². The van der Waals surface area contributed by atoms with Gasteiger partial charge in [0.1, 0.15) is 5.75 Å². The van der Waals surface area contributed by atoms with Crippen LogP contribution in [0.1, 0.15) is 25.8 Å². The maximum absolute atomic E-state index is 12.8. The van der Waals surface area contributed by atoms with Crippen molar-refractivity contribution in [2.24, 2.45) is 0 Å². The lowest BCUT2D eigenvalue weighted by Crippen LogP contribution is -2.37. The molecule has 0 bridgehead atoms. The van der Waals surface area contributed by atoms with Crippen molar-refractivity contribution in [3.8, 4) is 5.75 Å². The highest BCUT2D eigenvalue weighted by Gasteiger charge is 2.34. The number of carbonyl (C=O) groups is 1. The summed E-state index contributed by atoms with van der Waals surface area (Å²) in [5, 5.41) is 11.5. The predicted octanol–water partition coefficient (Wildman–Crippen LogP) is 2.36. The first-order chi connectivity index (χ1) is 9.71. The molecule has 0 saturated carbocycles. The van der Waals surface area contributed by atoms with Gasteiger partial charge < -0.3 is 15.2 Å². The first kappa shape index (κ1) is 17.3. The number of ether oxygens (including phenoxy) is 1. The van der Waals surface area contributed by atoms with Crippen LogP contribution in [0.3, 0.4) is 0 Å². The molecule has 0 heterocycles. The zero-order valence-corrected chi connectivity index (χ0v) is 11.8. The third-order valence-corrected chi connectivity index (χ3v) is 2.73. The van der Waals surface area contributed by atoms with E-state index in [0.29, 0.717) is 6.42 Å². The molecule has 2 unspecified atom stereocenters. The van der Waals surface area contributed by atoms with Gasteiger partial charge in [-0.25, -0.2) is 0 Å². The summed E-state index contributed by atoms with van der Waals surface area (Å²) in [5.74, 6) is -0.921. The molecule has 2 atom stereocenters. The van der Waals surface area contributed by atoms with Crippen LogP contribution in [0.15, 0.2) is 24.3 Å². The maximum Gasteiger partial charge on any atom is 0.419 e. The molecule has 118 valence electrons. The molecule has 0 spiro atoms. The van der Waals surface area contributed by atoms with Gasteiger partial charge in [0.15, 0.2) is 6.10 Å². The zero-order valence-electron chi connectivity index (χ0n) is 11.8. The van der Waals surface area contributed by atoms with Crippen molar-refractivity contribution >= 4 is 5.91 Å². The van der Waals surface area contributed by atoms with E-state index in [1.807, 2.05) is 0 Å². The molecule has 0 aliphatic carbocycles. The molecule has 4 nitrogen and oxygen atoms in total. The third kappa shape index (κ3) is 5.63. The van der Waals surface area contributed by atoms with Crippen LogP contribution in [0.5, 0.6) is 5.75 Å². The maximum atomic E-state index is 12.8. The second-order valence-electron chi connectivity index (χ2n) is 4.68. The van der Waals surface area contributed by atoms with Crippen LogP contribution in [0.25, 0.3) is 0 Å². The summed E-state index contributed by atoms with van der Waals surface area (Å²) in [6, 6.07) is 4.72. The Balaban J connectivity index is 2.67. The van der Waals surface area contributed by atoms with Crippen LogP contribution in [0.2, 0.25) is 0 Å². The summed E-state index contributed by atoms with van der Waals surface area (Å²) in [5.41, 5.74) is -0.923. The molecule has 1 aromatic carbocycles. The fourth-order valence-corrected chi connectivity index (χ4v) is 1.60. The SMILES string of the molecule is CC(O)CCNC(=O)C(C)Oc1ccccc1C(F)(F)F. The Morgan fingerprint density at radius 3 is 2.52 bits per heavy atom. The zero-order chi connectivity index (χ0) is 16.0. The molecule has 0 aromatic heterocycles. The van der Waals surface area contributed by atoms with Gasteiger partial charge in [0.2, 0.25) is 0 Å². The van der Waals surface area contributed by atoms with Crippen molar-refractivity contribution in [1.82, 2.24) is 5.32 Å². The Morgan fingerprint density at radius 2 is 1.95 bits per heavy atom. The Labute approximate surface area is 120 Å². The molecule has 21 heavy (non-hydrogen) atoms. The number of alkyl halides is 3. The number of rotatable bonds is 6. The van der Waals surface area contributed by atoms with E-state index in [2.05, 4.69) is 5.32 Å². The lowest BCUT2D eigenvalue weighted by molar-refractivity contribution is -0.140. The number of para-hydroxylation sites is 1. The number of aliphatic hydroxyl groups is 1. The van der Waals surface area contributed by atoms with E-state index < -0.39 is 29.9 Å². The van der Waals surface area contributed by atoms with Gasteiger partial charge in [-0.3, -0.25) is 4.79 Å². The minimum absolute atomic E-state index is 0.227. The molecule has 0 radical (unpaired) electrons. The second-order valence-corrected chi connectivity index (χ2v) is 4.68. The highest BCUT2D eigenvalue weighted by atomic mass is 19.4. The summed E-state index contributed by atoms with van der Waals surface area (Å²) in [7, 11) is 0. The predicted molar refractivity (Wildman–Crippen MR) is 70.8 cm³/mol. The summed E-state index contributed by atoms with van der Waals surface area (Å²) in [4.78, 5) is 11.7. The van der Waals surface area contributed by atoms with E-state index in [-0.39, 0.29) is 12.3 Å². The second kappa shape index (κ2) is 7.31. The normalized spacial score (nSPS) is 14.4. The highest BCUT2D eigenvalue weighted by molar-refractivity contribution is 5.80. The lowest BCUT2D eigenvalue weighted by Gasteiger charge is -2.18. The van der Waals surface area contributed by atoms with Crippen molar-refractivity contribution in [2.75, 3.05) is 6.54 Å². The number of nitrogens with one attached hydrogen (secondary N) is 1. The number of hydrogen-bond acceptors (Lipinski definition) is 3. The van der Waals surface area contributed by atoms with Crippen LogP contribution in [0.4, 0.5) is 13.2 Å². The average molecular weight is 305 g/mol. The van der Waals surface area contributed by atoms with Gasteiger partial charge in [0, 0.05) is 6.54 Å². The van der Waals surface area contributed by atoms with Gasteiger partial charge in [-0.1, -0.05) is 12.1 Å². The molecule has 1 rings (SSSR count). The number of aliphatic hydroxyl groups excluding tert-OH is 1. The summed E-state index contributed by atoms with van der Waals surface area (Å²) in [6.45, 7) is 3.17. The van der Waals surface area contributed by atoms with Gasteiger partial charge in [-0.2, -0.15) is 13.2 Å². The Kier molecular flexibility index (Phi) is 6.02. The molecule has 1 amide bonds. The van der Waals surface area contributed by atoms with E-state index >= 15 is 0 Å². The van der Waals surface area contributed by atoms with E-state index in [1.165, 1.54) is 25.1 Å². The number of hydrogen-bond donors (Lipinski definition) is 2. The van der Waals surface area contributed by atoms with Gasteiger partial charge in [0.25, 0.3) is 5.91 Å². The molecule has 1 aromatic rings. The van der Waals surface area contributed by atoms with Crippen LogP contribution in [-0.2, 0) is 11.0 Å². The number of halogens is 3. The average Bonchev–Trinajstić information content (AvgIpc) is 2.37. The quantitative estimate of drug-likeness (QED) is 0.848. The van der Waals surface area contributed by atoms with Gasteiger partial charge in [-0.05, 0) is 32.4 Å². The lowest BCUT2D eigenvalue weighted by atomic mass is 10.2. The first-order valence-electron chi connectivity index (χ1n) is 6.50. The molecule has 0 aliphatic heterocycles. The molecule has 7 heteroatoms. The number of amides is 1. The van der Waals surface area contributed by atoms with E-state index in [9.17, 15) is 18.0 Å². The molecular formula is C14H18F3NO3. The Hall–Kier alpha value is -1.76. The molecule has 0 fully saturated rings. The summed E-state index contributed by atoms with van der Waals surface area (Å²) < 4.78 is 43.4. The van der Waals surface area contributed by atoms with Crippen molar-refractivity contribution in [3.63, 3.8) is 0 Å².